The maximum atomic E-state index is 12.7. The highest BCUT2D eigenvalue weighted by Gasteiger charge is 2.17. The monoisotopic (exact) mass is 409 g/mol. The summed E-state index contributed by atoms with van der Waals surface area (Å²) in [6.07, 6.45) is 1.16. The second kappa shape index (κ2) is 10.1. The number of nitrogens with one attached hydrogen (secondary N) is 1. The number of halogens is 1. The van der Waals surface area contributed by atoms with Gasteiger partial charge in [0.2, 0.25) is 0 Å². The van der Waals surface area contributed by atoms with Crippen LogP contribution in [0.2, 0.25) is 5.02 Å². The van der Waals surface area contributed by atoms with Gasteiger partial charge in [0.15, 0.2) is 0 Å². The molecule has 0 fully saturated rings. The van der Waals surface area contributed by atoms with Crippen LogP contribution in [0.3, 0.4) is 0 Å². The number of aliphatic hydroxyl groups excluding tert-OH is 1. The van der Waals surface area contributed by atoms with Gasteiger partial charge < -0.3 is 15.2 Å². The molecule has 1 unspecified atom stereocenters. The lowest BCUT2D eigenvalue weighted by atomic mass is 9.99. The predicted octanol–water partition coefficient (Wildman–Crippen LogP) is 5.85. The molecule has 0 radical (unpaired) electrons. The molecule has 1 amide bonds. The Morgan fingerprint density at radius 3 is 2.48 bits per heavy atom. The molecule has 0 aromatic heterocycles. The Hall–Kier alpha value is -2.82. The first-order chi connectivity index (χ1) is 14.1. The summed E-state index contributed by atoms with van der Waals surface area (Å²) < 4.78 is 5.63. The van der Waals surface area contributed by atoms with Gasteiger partial charge in [-0.3, -0.25) is 4.79 Å². The van der Waals surface area contributed by atoms with Gasteiger partial charge in [0.1, 0.15) is 11.9 Å². The van der Waals surface area contributed by atoms with Gasteiger partial charge in [0.05, 0.1) is 6.61 Å². The van der Waals surface area contributed by atoms with Crippen molar-refractivity contribution in [3.05, 3.63) is 94.5 Å². The molecule has 0 spiro atoms. The quantitative estimate of drug-likeness (QED) is 0.458. The van der Waals surface area contributed by atoms with Crippen molar-refractivity contribution in [3.8, 4) is 5.75 Å². The number of aliphatic hydroxyl groups is 1. The van der Waals surface area contributed by atoms with Gasteiger partial charge in [-0.2, -0.15) is 0 Å². The molecule has 0 saturated carbocycles. The van der Waals surface area contributed by atoms with E-state index >= 15 is 0 Å². The maximum absolute atomic E-state index is 12.7. The lowest BCUT2D eigenvalue weighted by Crippen LogP contribution is -2.14. The van der Waals surface area contributed by atoms with E-state index in [1.807, 2.05) is 30.3 Å². The van der Waals surface area contributed by atoms with Crippen molar-refractivity contribution in [1.29, 1.82) is 0 Å². The number of rotatable bonds is 8. The van der Waals surface area contributed by atoms with Crippen LogP contribution in [0.25, 0.3) is 0 Å². The maximum Gasteiger partial charge on any atom is 0.255 e. The van der Waals surface area contributed by atoms with Crippen LogP contribution in [0.15, 0.2) is 72.8 Å². The summed E-state index contributed by atoms with van der Waals surface area (Å²) in [5.41, 5.74) is 2.28. The van der Waals surface area contributed by atoms with Crippen molar-refractivity contribution >= 4 is 23.2 Å². The molecule has 3 aromatic carbocycles. The van der Waals surface area contributed by atoms with Crippen molar-refractivity contribution in [2.75, 3.05) is 11.9 Å². The van der Waals surface area contributed by atoms with E-state index in [9.17, 15) is 9.90 Å². The summed E-state index contributed by atoms with van der Waals surface area (Å²) >= 11 is 6.13. The first-order valence-electron chi connectivity index (χ1n) is 9.65. The third kappa shape index (κ3) is 5.59. The Labute approximate surface area is 176 Å². The van der Waals surface area contributed by atoms with Gasteiger partial charge in [0, 0.05) is 21.8 Å². The molecule has 0 saturated heterocycles. The zero-order chi connectivity index (χ0) is 20.6. The smallest absolute Gasteiger partial charge is 0.255 e. The number of unbranched alkanes of at least 4 members (excludes halogenated alkanes) is 1. The Morgan fingerprint density at radius 1 is 1.07 bits per heavy atom. The highest BCUT2D eigenvalue weighted by Crippen LogP contribution is 2.31. The predicted molar refractivity (Wildman–Crippen MR) is 117 cm³/mol. The fraction of sp³-hybridized carbons (Fsp3) is 0.208. The minimum absolute atomic E-state index is 0.269. The van der Waals surface area contributed by atoms with Crippen LogP contribution in [0, 0.1) is 0 Å². The highest BCUT2D eigenvalue weighted by atomic mass is 35.5. The molecule has 29 heavy (non-hydrogen) atoms. The van der Waals surface area contributed by atoms with Gasteiger partial charge in [-0.25, -0.2) is 0 Å². The Balaban J connectivity index is 1.77. The number of carbonyl (C=O) groups excluding carboxylic acids is 1. The molecular weight excluding hydrogens is 386 g/mol. The largest absolute Gasteiger partial charge is 0.494 e. The lowest BCUT2D eigenvalue weighted by molar-refractivity contribution is 0.102. The second-order valence-electron chi connectivity index (χ2n) is 6.73. The van der Waals surface area contributed by atoms with Gasteiger partial charge in [-0.15, -0.1) is 0 Å². The SMILES string of the molecule is CCCCOc1ccc(C(=O)Nc2ccc(Cl)cc2C(O)c2ccccc2)cc1. The van der Waals surface area contributed by atoms with E-state index in [0.29, 0.717) is 28.4 Å². The Morgan fingerprint density at radius 2 is 1.79 bits per heavy atom. The molecule has 0 aliphatic rings. The van der Waals surface area contributed by atoms with Crippen molar-refractivity contribution in [3.63, 3.8) is 0 Å². The molecule has 0 aliphatic heterocycles. The van der Waals surface area contributed by atoms with Crippen molar-refractivity contribution in [2.45, 2.75) is 25.9 Å². The number of hydrogen-bond acceptors (Lipinski definition) is 3. The van der Waals surface area contributed by atoms with Crippen LogP contribution in [-0.4, -0.2) is 17.6 Å². The molecule has 5 heteroatoms. The first kappa shape index (κ1) is 20.9. The van der Waals surface area contributed by atoms with Crippen LogP contribution >= 0.6 is 11.6 Å². The molecular formula is C24H24ClNO3. The molecule has 1 atom stereocenters. The van der Waals surface area contributed by atoms with Crippen LogP contribution in [0.5, 0.6) is 5.75 Å². The molecule has 0 aliphatic carbocycles. The number of amides is 1. The van der Waals surface area contributed by atoms with E-state index in [1.165, 1.54) is 0 Å². The Bertz CT molecular complexity index is 942. The van der Waals surface area contributed by atoms with Gasteiger partial charge in [0.25, 0.3) is 5.91 Å². The zero-order valence-electron chi connectivity index (χ0n) is 16.3. The van der Waals surface area contributed by atoms with Crippen LogP contribution in [0.1, 0.15) is 47.4 Å². The van der Waals surface area contributed by atoms with E-state index in [4.69, 9.17) is 16.3 Å². The molecule has 0 bridgehead atoms. The fourth-order valence-corrected chi connectivity index (χ4v) is 3.10. The number of carbonyl (C=O) groups is 1. The van der Waals surface area contributed by atoms with Crippen molar-refractivity contribution in [1.82, 2.24) is 0 Å². The molecule has 2 N–H and O–H groups in total. The molecule has 150 valence electrons. The fourth-order valence-electron chi connectivity index (χ4n) is 2.92. The molecule has 4 nitrogen and oxygen atoms in total. The van der Waals surface area contributed by atoms with Crippen molar-refractivity contribution in [2.24, 2.45) is 0 Å². The van der Waals surface area contributed by atoms with E-state index < -0.39 is 6.10 Å². The average Bonchev–Trinajstić information content (AvgIpc) is 2.75. The van der Waals surface area contributed by atoms with Gasteiger partial charge in [-0.05, 0) is 54.4 Å². The third-order valence-electron chi connectivity index (χ3n) is 4.55. The number of anilines is 1. The third-order valence-corrected chi connectivity index (χ3v) is 4.79. The summed E-state index contributed by atoms with van der Waals surface area (Å²) in [5, 5.41) is 14.2. The van der Waals surface area contributed by atoms with E-state index in [2.05, 4.69) is 12.2 Å². The average molecular weight is 410 g/mol. The van der Waals surface area contributed by atoms with E-state index in [1.54, 1.807) is 42.5 Å². The summed E-state index contributed by atoms with van der Waals surface area (Å²) in [5.74, 6) is 0.468. The van der Waals surface area contributed by atoms with Crippen molar-refractivity contribution < 1.29 is 14.6 Å². The first-order valence-corrected chi connectivity index (χ1v) is 10.0. The number of hydrogen-bond donors (Lipinski definition) is 2. The summed E-state index contributed by atoms with van der Waals surface area (Å²) in [4.78, 5) is 12.7. The Kier molecular flexibility index (Phi) is 7.28. The normalized spacial score (nSPS) is 11.7. The standard InChI is InChI=1S/C24H24ClNO3/c1-2-3-15-29-20-12-9-18(10-13-20)24(28)26-22-14-11-19(25)16-21(22)23(27)17-7-5-4-6-8-17/h4-14,16,23,27H,2-3,15H2,1H3,(H,26,28). The van der Waals surface area contributed by atoms with Crippen LogP contribution in [-0.2, 0) is 0 Å². The van der Waals surface area contributed by atoms with E-state index in [-0.39, 0.29) is 5.91 Å². The summed E-state index contributed by atoms with van der Waals surface area (Å²) in [6.45, 7) is 2.77. The van der Waals surface area contributed by atoms with Crippen LogP contribution < -0.4 is 10.1 Å². The van der Waals surface area contributed by atoms with Crippen LogP contribution in [0.4, 0.5) is 5.69 Å². The molecule has 3 aromatic rings. The van der Waals surface area contributed by atoms with Gasteiger partial charge >= 0.3 is 0 Å². The zero-order valence-corrected chi connectivity index (χ0v) is 17.0. The minimum atomic E-state index is -0.903. The second-order valence-corrected chi connectivity index (χ2v) is 7.16. The molecule has 3 rings (SSSR count). The number of benzene rings is 3. The number of ether oxygens (including phenoxy) is 1. The summed E-state index contributed by atoms with van der Waals surface area (Å²) in [6, 6.07) is 21.3. The minimum Gasteiger partial charge on any atom is -0.494 e. The highest BCUT2D eigenvalue weighted by molar-refractivity contribution is 6.30. The van der Waals surface area contributed by atoms with E-state index in [0.717, 1.165) is 24.2 Å². The summed E-state index contributed by atoms with van der Waals surface area (Å²) in [7, 11) is 0. The topological polar surface area (TPSA) is 58.6 Å². The van der Waals surface area contributed by atoms with Gasteiger partial charge in [-0.1, -0.05) is 55.3 Å². The lowest BCUT2D eigenvalue weighted by Gasteiger charge is -2.17. The molecule has 0 heterocycles.